The van der Waals surface area contributed by atoms with Crippen molar-refractivity contribution in [3.05, 3.63) is 100 Å². The number of methoxy groups -OCH3 is 1. The molecule has 0 bridgehead atoms. The van der Waals surface area contributed by atoms with Crippen LogP contribution in [0.5, 0.6) is 0 Å². The van der Waals surface area contributed by atoms with Crippen molar-refractivity contribution in [1.82, 2.24) is 0 Å². The molecule has 0 fully saturated rings. The van der Waals surface area contributed by atoms with Crippen LogP contribution in [-0.4, -0.2) is 23.6 Å². The number of nitrogens with zero attached hydrogens (tertiary/aromatic N) is 1. The van der Waals surface area contributed by atoms with Crippen LogP contribution in [0.2, 0.25) is 0 Å². The van der Waals surface area contributed by atoms with Crippen molar-refractivity contribution < 1.29 is 9.53 Å². The zero-order chi connectivity index (χ0) is 26.5. The van der Waals surface area contributed by atoms with Gasteiger partial charge in [-0.2, -0.15) is 0 Å². The van der Waals surface area contributed by atoms with E-state index in [0.29, 0.717) is 0 Å². The number of esters is 1. The van der Waals surface area contributed by atoms with Gasteiger partial charge >= 0.3 is 231 Å². The standard InChI is InChI=1S/C28H31Cl3GeNO2P/c1-20(2)24-17-12-18-25(21(3)4)27(24)33-36(22-13-8-6-9-14-22,23-15-10-7-11-16-23)19-26(28(34)35-5)32(29,30)31/h6-21H,1-5H3/b26-19+. The molecule has 0 heterocycles. The molecule has 36 heavy (non-hydrogen) atoms. The summed E-state index contributed by atoms with van der Waals surface area (Å²) in [4.78, 5) is 13.0. The average molecular weight is 624 g/mol. The molecule has 0 amide bonds. The number of hydrogen-bond acceptors (Lipinski definition) is 3. The van der Waals surface area contributed by atoms with Crippen molar-refractivity contribution in [2.45, 2.75) is 39.5 Å². The molecule has 3 aromatic rings. The summed E-state index contributed by atoms with van der Waals surface area (Å²) in [5.41, 5.74) is 3.21. The van der Waals surface area contributed by atoms with Crippen molar-refractivity contribution in [1.29, 1.82) is 0 Å². The van der Waals surface area contributed by atoms with Gasteiger partial charge < -0.3 is 0 Å². The van der Waals surface area contributed by atoms with Crippen LogP contribution in [0.4, 0.5) is 5.69 Å². The second kappa shape index (κ2) is 12.4. The summed E-state index contributed by atoms with van der Waals surface area (Å²) < 4.78 is 10.8. The van der Waals surface area contributed by atoms with Crippen molar-refractivity contribution in [2.75, 3.05) is 7.11 Å². The number of ether oxygens (including phenoxy) is 1. The van der Waals surface area contributed by atoms with Crippen LogP contribution >= 0.6 is 37.1 Å². The maximum atomic E-state index is 13.0. The van der Waals surface area contributed by atoms with Crippen LogP contribution in [0.25, 0.3) is 0 Å². The molecule has 0 unspecified atom stereocenters. The SMILES string of the molecule is COC(=O)/[C](=C\P(=Nc1c(C(C)C)cccc1C(C)C)(c1ccccc1)c1ccccc1)[Ge]([Cl])([Cl])[Cl]. The van der Waals surface area contributed by atoms with Gasteiger partial charge in [0, 0.05) is 0 Å². The minimum absolute atomic E-state index is 0.125. The van der Waals surface area contributed by atoms with Crippen LogP contribution in [0, 0.1) is 0 Å². The van der Waals surface area contributed by atoms with E-state index in [1.165, 1.54) is 7.11 Å². The van der Waals surface area contributed by atoms with E-state index in [0.717, 1.165) is 27.4 Å². The van der Waals surface area contributed by atoms with Gasteiger partial charge in [-0.15, -0.1) is 0 Å². The summed E-state index contributed by atoms with van der Waals surface area (Å²) in [6.45, 7) is 8.65. The predicted octanol–water partition coefficient (Wildman–Crippen LogP) is 8.67. The molecule has 0 radical (unpaired) electrons. The van der Waals surface area contributed by atoms with Gasteiger partial charge in [0.1, 0.15) is 0 Å². The summed E-state index contributed by atoms with van der Waals surface area (Å²) in [7, 11) is 13.9. The summed E-state index contributed by atoms with van der Waals surface area (Å²) in [5, 5.41) is 1.92. The number of benzene rings is 3. The van der Waals surface area contributed by atoms with Crippen molar-refractivity contribution >= 4 is 69.8 Å². The molecule has 0 aromatic heterocycles. The fraction of sp³-hybridized carbons (Fsp3) is 0.250. The van der Waals surface area contributed by atoms with Crippen LogP contribution in [0.3, 0.4) is 0 Å². The van der Waals surface area contributed by atoms with Gasteiger partial charge in [0.2, 0.25) is 0 Å². The number of rotatable bonds is 8. The van der Waals surface area contributed by atoms with Gasteiger partial charge in [-0.3, -0.25) is 0 Å². The zero-order valence-electron chi connectivity index (χ0n) is 21.1. The Morgan fingerprint density at radius 2 is 1.25 bits per heavy atom. The Bertz CT molecular complexity index is 1220. The number of hydrogen-bond donors (Lipinski definition) is 0. The molecule has 0 aliphatic rings. The molecule has 8 heteroatoms. The minimum atomic E-state index is -4.24. The summed E-state index contributed by atoms with van der Waals surface area (Å²) >= 11 is 0. The molecular formula is C28H31Cl3GeNO2P. The van der Waals surface area contributed by atoms with E-state index in [-0.39, 0.29) is 16.2 Å². The molecule has 3 aromatic carbocycles. The summed E-state index contributed by atoms with van der Waals surface area (Å²) in [6, 6.07) is 26.3. The molecule has 3 rings (SSSR count). The van der Waals surface area contributed by atoms with E-state index in [2.05, 4.69) is 45.9 Å². The molecule has 0 N–H and O–H groups in total. The van der Waals surface area contributed by atoms with Gasteiger partial charge in [0.05, 0.1) is 0 Å². The monoisotopic (exact) mass is 623 g/mol. The quantitative estimate of drug-likeness (QED) is 0.109. The molecule has 0 saturated heterocycles. The average Bonchev–Trinajstić information content (AvgIpc) is 2.86. The Hall–Kier alpha value is -1.49. The van der Waals surface area contributed by atoms with E-state index in [1.807, 2.05) is 66.5 Å². The van der Waals surface area contributed by atoms with E-state index in [9.17, 15) is 4.79 Å². The van der Waals surface area contributed by atoms with E-state index < -0.39 is 23.5 Å². The molecule has 0 aliphatic heterocycles. The Balaban J connectivity index is 2.64. The second-order valence-corrected chi connectivity index (χ2v) is 27.0. The molecule has 0 atom stereocenters. The van der Waals surface area contributed by atoms with E-state index >= 15 is 0 Å². The first kappa shape index (κ1) is 29.1. The van der Waals surface area contributed by atoms with Crippen molar-refractivity contribution in [3.8, 4) is 0 Å². The third-order valence-electron chi connectivity index (χ3n) is 5.93. The van der Waals surface area contributed by atoms with Crippen LogP contribution < -0.4 is 10.6 Å². The fourth-order valence-corrected chi connectivity index (χ4v) is 13.7. The van der Waals surface area contributed by atoms with Gasteiger partial charge in [-0.1, -0.05) is 0 Å². The molecule has 0 aliphatic carbocycles. The summed E-state index contributed by atoms with van der Waals surface area (Å²) in [6.07, 6.45) is 0. The van der Waals surface area contributed by atoms with Crippen molar-refractivity contribution in [2.24, 2.45) is 4.74 Å². The number of halogens is 3. The van der Waals surface area contributed by atoms with Gasteiger partial charge in [0.15, 0.2) is 0 Å². The number of carbonyl (C=O) groups is 1. The second-order valence-electron chi connectivity index (χ2n) is 9.08. The number of carbonyl (C=O) groups excluding carboxylic acids is 1. The fourth-order valence-electron chi connectivity index (χ4n) is 4.08. The Labute approximate surface area is 229 Å². The Kier molecular flexibility index (Phi) is 9.99. The predicted molar refractivity (Wildman–Crippen MR) is 159 cm³/mol. The molecular weight excluding hydrogens is 592 g/mol. The van der Waals surface area contributed by atoms with Gasteiger partial charge in [-0.25, -0.2) is 0 Å². The van der Waals surface area contributed by atoms with Crippen LogP contribution in [0.1, 0.15) is 50.7 Å². The molecule has 190 valence electrons. The van der Waals surface area contributed by atoms with E-state index in [1.54, 1.807) is 0 Å². The molecule has 3 nitrogen and oxygen atoms in total. The van der Waals surface area contributed by atoms with Gasteiger partial charge in [0.25, 0.3) is 0 Å². The first-order chi connectivity index (χ1) is 17.0. The first-order valence-electron chi connectivity index (χ1n) is 11.8. The zero-order valence-corrected chi connectivity index (χ0v) is 26.3. The van der Waals surface area contributed by atoms with E-state index in [4.69, 9.17) is 39.5 Å². The van der Waals surface area contributed by atoms with Gasteiger partial charge in [-0.05, 0) is 0 Å². The van der Waals surface area contributed by atoms with Crippen LogP contribution in [-0.2, 0) is 9.53 Å². The van der Waals surface area contributed by atoms with Crippen LogP contribution in [0.15, 0.2) is 93.8 Å². The third-order valence-corrected chi connectivity index (χ3v) is 14.9. The Morgan fingerprint density at radius 1 is 0.806 bits per heavy atom. The topological polar surface area (TPSA) is 38.7 Å². The Morgan fingerprint density at radius 3 is 1.61 bits per heavy atom. The first-order valence-corrected chi connectivity index (χ1v) is 22.9. The summed E-state index contributed by atoms with van der Waals surface area (Å²) in [5.74, 6) is 1.69. The maximum absolute atomic E-state index is 13.0. The van der Waals surface area contributed by atoms with Crippen molar-refractivity contribution in [3.63, 3.8) is 0 Å². The molecule has 0 spiro atoms. The third kappa shape index (κ3) is 6.49. The molecule has 0 saturated carbocycles. The normalized spacial score (nSPS) is 12.7.